The number of aryl methyl sites for hydroxylation is 4. The summed E-state index contributed by atoms with van der Waals surface area (Å²) in [7, 11) is 0. The molecule has 3 rings (SSSR count). The summed E-state index contributed by atoms with van der Waals surface area (Å²) >= 11 is 3.49. The summed E-state index contributed by atoms with van der Waals surface area (Å²) in [6, 6.07) is 14.8. The Kier molecular flexibility index (Phi) is 4.76. The summed E-state index contributed by atoms with van der Waals surface area (Å²) in [4.78, 5) is 0. The predicted molar refractivity (Wildman–Crippen MR) is 95.0 cm³/mol. The van der Waals surface area contributed by atoms with Gasteiger partial charge in [-0.2, -0.15) is 0 Å². The van der Waals surface area contributed by atoms with Crippen LogP contribution in [0.1, 0.15) is 22.6 Å². The molecular weight excluding hydrogens is 354 g/mol. The maximum atomic E-state index is 5.67. The fraction of sp³-hybridized carbons (Fsp3) is 0.222. The van der Waals surface area contributed by atoms with Crippen LogP contribution in [0.15, 0.2) is 51.4 Å². The van der Waals surface area contributed by atoms with Gasteiger partial charge in [0, 0.05) is 16.6 Å². The van der Waals surface area contributed by atoms with Crippen molar-refractivity contribution in [2.45, 2.75) is 26.7 Å². The van der Waals surface area contributed by atoms with Crippen LogP contribution in [0, 0.1) is 13.8 Å². The van der Waals surface area contributed by atoms with Crippen molar-refractivity contribution in [2.24, 2.45) is 0 Å². The van der Waals surface area contributed by atoms with Crippen molar-refractivity contribution in [3.63, 3.8) is 0 Å². The molecule has 0 bridgehead atoms. The normalized spacial score (nSPS) is 10.7. The van der Waals surface area contributed by atoms with E-state index in [0.29, 0.717) is 11.9 Å². The number of nitrogens with zero attached hydrogens (tertiary/aromatic N) is 2. The van der Waals surface area contributed by atoms with Crippen LogP contribution in [0.4, 0.5) is 11.7 Å². The number of hydrogen-bond acceptors (Lipinski definition) is 4. The summed E-state index contributed by atoms with van der Waals surface area (Å²) in [5, 5.41) is 11.3. The largest absolute Gasteiger partial charge is 0.408 e. The maximum Gasteiger partial charge on any atom is 0.320 e. The summed E-state index contributed by atoms with van der Waals surface area (Å²) < 4.78 is 6.75. The Morgan fingerprint density at radius 2 is 1.83 bits per heavy atom. The average molecular weight is 372 g/mol. The number of hydrogen-bond donors (Lipinski definition) is 1. The monoisotopic (exact) mass is 371 g/mol. The molecule has 23 heavy (non-hydrogen) atoms. The molecule has 2 aromatic carbocycles. The number of anilines is 2. The van der Waals surface area contributed by atoms with E-state index in [1.165, 1.54) is 11.1 Å². The molecule has 5 heteroatoms. The molecule has 0 saturated heterocycles. The number of rotatable bonds is 5. The molecule has 0 atom stereocenters. The molecule has 1 heterocycles. The van der Waals surface area contributed by atoms with Gasteiger partial charge in [-0.25, -0.2) is 0 Å². The second-order valence-corrected chi connectivity index (χ2v) is 6.37. The standard InChI is InChI=1S/C18H18BrN3O/c1-12-5-3-4-6-14(12)7-10-17-21-22-18(23-17)20-15-8-9-16(19)13(2)11-15/h3-6,8-9,11H,7,10H2,1-2H3,(H,20,22). The van der Waals surface area contributed by atoms with E-state index < -0.39 is 0 Å². The highest BCUT2D eigenvalue weighted by atomic mass is 79.9. The first-order chi connectivity index (χ1) is 11.1. The fourth-order valence-electron chi connectivity index (χ4n) is 2.38. The molecule has 4 nitrogen and oxygen atoms in total. The lowest BCUT2D eigenvalue weighted by Crippen LogP contribution is -1.94. The van der Waals surface area contributed by atoms with Gasteiger partial charge in [-0.3, -0.25) is 0 Å². The summed E-state index contributed by atoms with van der Waals surface area (Å²) in [6.45, 7) is 4.16. The van der Waals surface area contributed by atoms with Crippen LogP contribution in [0.5, 0.6) is 0 Å². The van der Waals surface area contributed by atoms with Gasteiger partial charge in [0.05, 0.1) is 0 Å². The molecule has 0 radical (unpaired) electrons. The molecule has 0 unspecified atom stereocenters. The van der Waals surface area contributed by atoms with Crippen molar-refractivity contribution < 1.29 is 4.42 Å². The van der Waals surface area contributed by atoms with Gasteiger partial charge < -0.3 is 9.73 Å². The molecule has 0 saturated carbocycles. The molecule has 0 spiro atoms. The first-order valence-electron chi connectivity index (χ1n) is 7.52. The minimum atomic E-state index is 0.423. The van der Waals surface area contributed by atoms with Crippen LogP contribution in [0.25, 0.3) is 0 Å². The van der Waals surface area contributed by atoms with E-state index in [0.717, 1.165) is 28.6 Å². The third kappa shape index (κ3) is 3.99. The smallest absolute Gasteiger partial charge is 0.320 e. The zero-order valence-electron chi connectivity index (χ0n) is 13.1. The molecule has 1 aromatic heterocycles. The van der Waals surface area contributed by atoms with Crippen molar-refractivity contribution in [3.05, 3.63) is 69.5 Å². The van der Waals surface area contributed by atoms with E-state index in [2.05, 4.69) is 56.6 Å². The van der Waals surface area contributed by atoms with Gasteiger partial charge in [0.25, 0.3) is 0 Å². The molecule has 3 aromatic rings. The van der Waals surface area contributed by atoms with Crippen molar-refractivity contribution in [1.82, 2.24) is 10.2 Å². The maximum absolute atomic E-state index is 5.67. The zero-order valence-corrected chi connectivity index (χ0v) is 14.7. The Bertz CT molecular complexity index is 814. The topological polar surface area (TPSA) is 51.0 Å². The third-order valence-electron chi connectivity index (χ3n) is 3.75. The number of aromatic nitrogens is 2. The SMILES string of the molecule is Cc1cc(Nc2nnc(CCc3ccccc3C)o2)ccc1Br. The highest BCUT2D eigenvalue weighted by Crippen LogP contribution is 2.22. The van der Waals surface area contributed by atoms with Gasteiger partial charge >= 0.3 is 6.01 Å². The second kappa shape index (κ2) is 6.96. The first-order valence-corrected chi connectivity index (χ1v) is 8.31. The molecule has 0 amide bonds. The van der Waals surface area contributed by atoms with Crippen molar-refractivity contribution in [1.29, 1.82) is 0 Å². The van der Waals surface area contributed by atoms with E-state index in [9.17, 15) is 0 Å². The van der Waals surface area contributed by atoms with Gasteiger partial charge in [0.2, 0.25) is 5.89 Å². The van der Waals surface area contributed by atoms with Crippen molar-refractivity contribution in [2.75, 3.05) is 5.32 Å². The summed E-state index contributed by atoms with van der Waals surface area (Å²) in [5.41, 5.74) is 4.67. The van der Waals surface area contributed by atoms with E-state index in [4.69, 9.17) is 4.42 Å². The van der Waals surface area contributed by atoms with Crippen LogP contribution >= 0.6 is 15.9 Å². The van der Waals surface area contributed by atoms with Crippen molar-refractivity contribution >= 4 is 27.6 Å². The lowest BCUT2D eigenvalue weighted by atomic mass is 10.0. The highest BCUT2D eigenvalue weighted by Gasteiger charge is 2.08. The van der Waals surface area contributed by atoms with Gasteiger partial charge in [0.1, 0.15) is 0 Å². The van der Waals surface area contributed by atoms with E-state index >= 15 is 0 Å². The Morgan fingerprint density at radius 3 is 2.61 bits per heavy atom. The Morgan fingerprint density at radius 1 is 1.00 bits per heavy atom. The Labute approximate surface area is 144 Å². The second-order valence-electron chi connectivity index (χ2n) is 5.52. The summed E-state index contributed by atoms with van der Waals surface area (Å²) in [5.74, 6) is 0.643. The molecular formula is C18H18BrN3O. The molecule has 118 valence electrons. The van der Waals surface area contributed by atoms with Gasteiger partial charge in [-0.15, -0.1) is 5.10 Å². The molecule has 0 aliphatic heterocycles. The van der Waals surface area contributed by atoms with Crippen LogP contribution in [-0.2, 0) is 12.8 Å². The van der Waals surface area contributed by atoms with Crippen LogP contribution in [0.2, 0.25) is 0 Å². The van der Waals surface area contributed by atoms with Crippen LogP contribution in [0.3, 0.4) is 0 Å². The van der Waals surface area contributed by atoms with Crippen LogP contribution < -0.4 is 5.32 Å². The predicted octanol–water partition coefficient (Wildman–Crippen LogP) is 4.98. The van der Waals surface area contributed by atoms with Gasteiger partial charge in [0.15, 0.2) is 0 Å². The van der Waals surface area contributed by atoms with E-state index in [1.807, 2.05) is 31.2 Å². The molecule has 1 N–H and O–H groups in total. The molecule has 0 fully saturated rings. The average Bonchev–Trinajstić information content (AvgIpc) is 2.98. The first kappa shape index (κ1) is 15.7. The molecule has 0 aliphatic rings. The minimum Gasteiger partial charge on any atom is -0.408 e. The van der Waals surface area contributed by atoms with Crippen LogP contribution in [-0.4, -0.2) is 10.2 Å². The minimum absolute atomic E-state index is 0.423. The van der Waals surface area contributed by atoms with E-state index in [1.54, 1.807) is 0 Å². The number of nitrogens with one attached hydrogen (secondary N) is 1. The lowest BCUT2D eigenvalue weighted by molar-refractivity contribution is 0.507. The Balaban J connectivity index is 1.64. The fourth-order valence-corrected chi connectivity index (χ4v) is 2.63. The highest BCUT2D eigenvalue weighted by molar-refractivity contribution is 9.10. The van der Waals surface area contributed by atoms with Gasteiger partial charge in [-0.1, -0.05) is 45.3 Å². The van der Waals surface area contributed by atoms with E-state index in [-0.39, 0.29) is 0 Å². The van der Waals surface area contributed by atoms with Gasteiger partial charge in [-0.05, 0) is 55.2 Å². The quantitative estimate of drug-likeness (QED) is 0.687. The number of halogens is 1. The third-order valence-corrected chi connectivity index (χ3v) is 4.64. The lowest BCUT2D eigenvalue weighted by Gasteiger charge is -2.04. The van der Waals surface area contributed by atoms with Crippen molar-refractivity contribution in [3.8, 4) is 0 Å². The summed E-state index contributed by atoms with van der Waals surface area (Å²) in [6.07, 6.45) is 1.63. The zero-order chi connectivity index (χ0) is 16.2. The molecule has 0 aliphatic carbocycles. The Hall–Kier alpha value is -2.14. The number of benzene rings is 2.